The third-order valence-corrected chi connectivity index (χ3v) is 6.92. The summed E-state index contributed by atoms with van der Waals surface area (Å²) in [6, 6.07) is 2.87. The van der Waals surface area contributed by atoms with Gasteiger partial charge < -0.3 is 5.73 Å². The van der Waals surface area contributed by atoms with E-state index in [2.05, 4.69) is 0 Å². The van der Waals surface area contributed by atoms with E-state index in [4.69, 9.17) is 28.9 Å². The van der Waals surface area contributed by atoms with Crippen LogP contribution in [0.4, 0.5) is 0 Å². The smallest absolute Gasteiger partial charge is 0.244 e. The van der Waals surface area contributed by atoms with Crippen molar-refractivity contribution in [3.8, 4) is 0 Å². The molecule has 8 heteroatoms. The zero-order valence-corrected chi connectivity index (χ0v) is 15.4. The molecule has 1 rings (SSSR count). The molecule has 21 heavy (non-hydrogen) atoms. The molecule has 0 aliphatic heterocycles. The van der Waals surface area contributed by atoms with E-state index in [0.29, 0.717) is 10.6 Å². The molecule has 0 amide bonds. The summed E-state index contributed by atoms with van der Waals surface area (Å²) >= 11 is 13.8. The van der Waals surface area contributed by atoms with Crippen molar-refractivity contribution in [1.82, 2.24) is 4.31 Å². The van der Waals surface area contributed by atoms with Crippen molar-refractivity contribution in [1.29, 1.82) is 0 Å². The standard InChI is InChI=1S/C13H20Cl2N2O2S2/c1-4-9(8-20-3)17(2)21(18,19)12-6-5-11(14)10(7-16)13(12)15/h5-6,9H,4,7-8,16H2,1-3H3. The Labute approximate surface area is 141 Å². The predicted molar refractivity (Wildman–Crippen MR) is 91.8 cm³/mol. The Morgan fingerprint density at radius 3 is 2.48 bits per heavy atom. The van der Waals surface area contributed by atoms with Crippen LogP contribution in [0.3, 0.4) is 0 Å². The Bertz CT molecular complexity index is 594. The lowest BCUT2D eigenvalue weighted by molar-refractivity contribution is 0.385. The van der Waals surface area contributed by atoms with E-state index in [9.17, 15) is 8.42 Å². The van der Waals surface area contributed by atoms with Crippen molar-refractivity contribution >= 4 is 45.0 Å². The van der Waals surface area contributed by atoms with Gasteiger partial charge in [-0.2, -0.15) is 16.1 Å². The quantitative estimate of drug-likeness (QED) is 0.799. The van der Waals surface area contributed by atoms with Crippen molar-refractivity contribution in [2.45, 2.75) is 30.8 Å². The summed E-state index contributed by atoms with van der Waals surface area (Å²) in [6.07, 6.45) is 2.68. The van der Waals surface area contributed by atoms with Crippen molar-refractivity contribution in [2.24, 2.45) is 5.73 Å². The molecule has 0 aromatic heterocycles. The van der Waals surface area contributed by atoms with Gasteiger partial charge >= 0.3 is 0 Å². The minimum atomic E-state index is -3.68. The maximum Gasteiger partial charge on any atom is 0.244 e. The first-order valence-corrected chi connectivity index (χ1v) is 10.0. The first kappa shape index (κ1) is 19.1. The van der Waals surface area contributed by atoms with Crippen molar-refractivity contribution in [2.75, 3.05) is 19.1 Å². The molecular weight excluding hydrogens is 351 g/mol. The highest BCUT2D eigenvalue weighted by atomic mass is 35.5. The van der Waals surface area contributed by atoms with Crippen LogP contribution in [0.25, 0.3) is 0 Å². The van der Waals surface area contributed by atoms with Gasteiger partial charge in [0.2, 0.25) is 10.0 Å². The summed E-state index contributed by atoms with van der Waals surface area (Å²) in [5.74, 6) is 0.723. The van der Waals surface area contributed by atoms with Crippen LogP contribution in [0, 0.1) is 0 Å². The molecule has 0 fully saturated rings. The van der Waals surface area contributed by atoms with Gasteiger partial charge in [0, 0.05) is 36.0 Å². The minimum absolute atomic E-state index is 0.0519. The minimum Gasteiger partial charge on any atom is -0.326 e. The second-order valence-electron chi connectivity index (χ2n) is 4.58. The molecule has 120 valence electrons. The maximum absolute atomic E-state index is 12.8. The Balaban J connectivity index is 3.31. The molecule has 1 unspecified atom stereocenters. The van der Waals surface area contributed by atoms with E-state index in [1.807, 2.05) is 13.2 Å². The van der Waals surface area contributed by atoms with E-state index in [1.54, 1.807) is 18.8 Å². The Morgan fingerprint density at radius 2 is 2.00 bits per heavy atom. The second kappa shape index (κ2) is 8.04. The topological polar surface area (TPSA) is 63.4 Å². The van der Waals surface area contributed by atoms with Gasteiger partial charge in [-0.3, -0.25) is 0 Å². The summed E-state index contributed by atoms with van der Waals surface area (Å²) in [7, 11) is -2.10. The van der Waals surface area contributed by atoms with E-state index < -0.39 is 10.0 Å². The number of nitrogens with two attached hydrogens (primary N) is 1. The molecular formula is C13H20Cl2N2O2S2. The molecule has 0 spiro atoms. The summed E-state index contributed by atoms with van der Waals surface area (Å²) in [6.45, 7) is 2.05. The third kappa shape index (κ3) is 4.06. The molecule has 0 radical (unpaired) electrons. The lowest BCUT2D eigenvalue weighted by atomic mass is 10.2. The maximum atomic E-state index is 12.8. The number of halogens is 2. The van der Waals surface area contributed by atoms with Crippen molar-refractivity contribution in [3.05, 3.63) is 27.7 Å². The highest BCUT2D eigenvalue weighted by Crippen LogP contribution is 2.33. The molecule has 0 saturated heterocycles. The van der Waals surface area contributed by atoms with Gasteiger partial charge in [-0.1, -0.05) is 30.1 Å². The lowest BCUT2D eigenvalue weighted by Gasteiger charge is -2.26. The highest BCUT2D eigenvalue weighted by Gasteiger charge is 2.29. The molecule has 0 saturated carbocycles. The summed E-state index contributed by atoms with van der Waals surface area (Å²) in [5, 5.41) is 0.483. The van der Waals surface area contributed by atoms with Gasteiger partial charge in [0.25, 0.3) is 0 Å². The zero-order chi connectivity index (χ0) is 16.2. The fourth-order valence-corrected chi connectivity index (χ4v) is 5.26. The SMILES string of the molecule is CCC(CSC)N(C)S(=O)(=O)c1ccc(Cl)c(CN)c1Cl. The average molecular weight is 371 g/mol. The van der Waals surface area contributed by atoms with E-state index >= 15 is 0 Å². The Kier molecular flexibility index (Phi) is 7.30. The number of thioether (sulfide) groups is 1. The van der Waals surface area contributed by atoms with E-state index in [1.165, 1.54) is 16.4 Å². The monoisotopic (exact) mass is 370 g/mol. The number of sulfonamides is 1. The normalized spacial score (nSPS) is 13.7. The molecule has 1 aromatic rings. The number of hydrogen-bond donors (Lipinski definition) is 1. The molecule has 1 aromatic carbocycles. The number of hydrogen-bond acceptors (Lipinski definition) is 4. The van der Waals surface area contributed by atoms with Crippen LogP contribution < -0.4 is 5.73 Å². The summed E-state index contributed by atoms with van der Waals surface area (Å²) < 4.78 is 26.9. The number of nitrogens with zero attached hydrogens (tertiary/aromatic N) is 1. The van der Waals surface area contributed by atoms with E-state index in [0.717, 1.165) is 12.2 Å². The van der Waals surface area contributed by atoms with Gasteiger partial charge in [0.15, 0.2) is 0 Å². The van der Waals surface area contributed by atoms with Crippen LogP contribution in [0.1, 0.15) is 18.9 Å². The largest absolute Gasteiger partial charge is 0.326 e. The van der Waals surface area contributed by atoms with Crippen LogP contribution >= 0.6 is 35.0 Å². The Morgan fingerprint density at radius 1 is 1.38 bits per heavy atom. The molecule has 1 atom stereocenters. The summed E-state index contributed by atoms with van der Waals surface area (Å²) in [4.78, 5) is 0.0519. The first-order valence-electron chi connectivity index (χ1n) is 6.45. The highest BCUT2D eigenvalue weighted by molar-refractivity contribution is 7.98. The fourth-order valence-electron chi connectivity index (χ4n) is 1.99. The average Bonchev–Trinajstić information content (AvgIpc) is 2.44. The fraction of sp³-hybridized carbons (Fsp3) is 0.538. The van der Waals surface area contributed by atoms with Gasteiger partial charge in [-0.15, -0.1) is 0 Å². The lowest BCUT2D eigenvalue weighted by Crippen LogP contribution is -2.38. The van der Waals surface area contributed by atoms with Gasteiger partial charge in [0.1, 0.15) is 4.90 Å². The molecule has 0 heterocycles. The number of rotatable bonds is 7. The zero-order valence-electron chi connectivity index (χ0n) is 12.3. The molecule has 0 aliphatic carbocycles. The van der Waals surface area contributed by atoms with Crippen LogP contribution in [0.5, 0.6) is 0 Å². The summed E-state index contributed by atoms with van der Waals surface area (Å²) in [5.41, 5.74) is 6.04. The van der Waals surface area contributed by atoms with Crippen LogP contribution in [0.15, 0.2) is 17.0 Å². The van der Waals surface area contributed by atoms with E-state index in [-0.39, 0.29) is 22.5 Å². The van der Waals surface area contributed by atoms with Crippen molar-refractivity contribution < 1.29 is 8.42 Å². The van der Waals surface area contributed by atoms with Crippen LogP contribution in [-0.4, -0.2) is 37.8 Å². The third-order valence-electron chi connectivity index (χ3n) is 3.36. The Hall–Kier alpha value is 0.0200. The molecule has 0 bridgehead atoms. The van der Waals surface area contributed by atoms with Crippen LogP contribution in [-0.2, 0) is 16.6 Å². The van der Waals surface area contributed by atoms with Crippen LogP contribution in [0.2, 0.25) is 10.0 Å². The predicted octanol–water partition coefficient (Wildman–Crippen LogP) is 3.21. The van der Waals surface area contributed by atoms with Gasteiger partial charge in [-0.25, -0.2) is 8.42 Å². The first-order chi connectivity index (χ1) is 9.81. The molecule has 2 N–H and O–H groups in total. The second-order valence-corrected chi connectivity index (χ2v) is 8.24. The van der Waals surface area contributed by atoms with Crippen molar-refractivity contribution in [3.63, 3.8) is 0 Å². The van der Waals surface area contributed by atoms with Gasteiger partial charge in [0.05, 0.1) is 5.02 Å². The molecule has 0 aliphatic rings. The van der Waals surface area contributed by atoms with Gasteiger partial charge in [-0.05, 0) is 24.8 Å². The number of benzene rings is 1. The molecule has 4 nitrogen and oxygen atoms in total.